The second kappa shape index (κ2) is 8.90. The minimum atomic E-state index is -3.96. The van der Waals surface area contributed by atoms with Crippen molar-refractivity contribution in [1.29, 1.82) is 5.26 Å². The van der Waals surface area contributed by atoms with E-state index in [2.05, 4.69) is 4.72 Å². The number of carbonyl (C=O) groups is 1. The van der Waals surface area contributed by atoms with E-state index >= 15 is 0 Å². The van der Waals surface area contributed by atoms with E-state index in [9.17, 15) is 18.5 Å². The molecule has 3 aromatic rings. The lowest BCUT2D eigenvalue weighted by Crippen LogP contribution is -2.32. The highest BCUT2D eigenvalue weighted by Gasteiger charge is 2.24. The first-order chi connectivity index (χ1) is 14.4. The number of para-hydroxylation sites is 1. The Kier molecular flexibility index (Phi) is 6.30. The Morgan fingerprint density at radius 1 is 1.03 bits per heavy atom. The van der Waals surface area contributed by atoms with Gasteiger partial charge in [0, 0.05) is 4.90 Å². The summed E-state index contributed by atoms with van der Waals surface area (Å²) >= 11 is 1.42. The van der Waals surface area contributed by atoms with E-state index in [1.807, 2.05) is 24.5 Å². The fraction of sp³-hybridized carbons (Fsp3) is 0.0476. The molecule has 0 saturated heterocycles. The molecule has 9 heteroatoms. The Balaban J connectivity index is 2.17. The van der Waals surface area contributed by atoms with Crippen molar-refractivity contribution in [1.82, 2.24) is 0 Å². The molecular weight excluding hydrogens is 420 g/mol. The summed E-state index contributed by atoms with van der Waals surface area (Å²) in [5.74, 6) is 0. The zero-order valence-corrected chi connectivity index (χ0v) is 17.6. The van der Waals surface area contributed by atoms with E-state index in [0.29, 0.717) is 5.69 Å². The van der Waals surface area contributed by atoms with Crippen molar-refractivity contribution in [2.24, 2.45) is 5.73 Å². The summed E-state index contributed by atoms with van der Waals surface area (Å²) in [6.45, 7) is 0. The maximum atomic E-state index is 12.9. The molecular formula is C21H18N4O3S2. The average Bonchev–Trinajstić information content (AvgIpc) is 2.75. The summed E-state index contributed by atoms with van der Waals surface area (Å²) in [6.07, 6.45) is 1.86. The molecule has 0 aromatic heterocycles. The van der Waals surface area contributed by atoms with Gasteiger partial charge in [-0.25, -0.2) is 13.2 Å². The van der Waals surface area contributed by atoms with E-state index in [4.69, 9.17) is 5.73 Å². The van der Waals surface area contributed by atoms with Gasteiger partial charge in [0.25, 0.3) is 10.0 Å². The molecule has 0 heterocycles. The van der Waals surface area contributed by atoms with Crippen molar-refractivity contribution < 1.29 is 13.2 Å². The van der Waals surface area contributed by atoms with Crippen LogP contribution >= 0.6 is 11.8 Å². The predicted molar refractivity (Wildman–Crippen MR) is 118 cm³/mol. The molecule has 0 aliphatic carbocycles. The molecule has 3 N–H and O–H groups in total. The molecule has 3 rings (SSSR count). The fourth-order valence-electron chi connectivity index (χ4n) is 2.87. The smallest absolute Gasteiger partial charge is 0.323 e. The molecule has 30 heavy (non-hydrogen) atoms. The number of nitrogens with two attached hydrogens (primary N) is 1. The van der Waals surface area contributed by atoms with Gasteiger partial charge in [-0.2, -0.15) is 5.26 Å². The number of nitrogens with one attached hydrogen (secondary N) is 1. The summed E-state index contributed by atoms with van der Waals surface area (Å²) in [7, 11) is -3.96. The van der Waals surface area contributed by atoms with Gasteiger partial charge < -0.3 is 5.73 Å². The number of nitriles is 1. The zero-order valence-electron chi connectivity index (χ0n) is 15.9. The topological polar surface area (TPSA) is 116 Å². The SMILES string of the molecule is CSc1ccccc1N(C(N)=O)c1ccc(C#N)cc1NS(=O)(=O)c1ccccc1. The quantitative estimate of drug-likeness (QED) is 0.557. The highest BCUT2D eigenvalue weighted by Crippen LogP contribution is 2.38. The molecule has 0 unspecified atom stereocenters. The van der Waals surface area contributed by atoms with Crippen molar-refractivity contribution in [2.75, 3.05) is 15.9 Å². The Hall–Kier alpha value is -3.48. The maximum Gasteiger partial charge on any atom is 0.323 e. The van der Waals surface area contributed by atoms with Crippen LogP contribution < -0.4 is 15.4 Å². The second-order valence-electron chi connectivity index (χ2n) is 6.11. The molecule has 7 nitrogen and oxygen atoms in total. The van der Waals surface area contributed by atoms with Gasteiger partial charge in [0.15, 0.2) is 0 Å². The molecule has 0 aliphatic heterocycles. The number of carbonyl (C=O) groups excluding carboxylic acids is 1. The number of anilines is 3. The average molecular weight is 439 g/mol. The summed E-state index contributed by atoms with van der Waals surface area (Å²) in [4.78, 5) is 14.5. The molecule has 0 aliphatic rings. The Labute approximate surface area is 179 Å². The lowest BCUT2D eigenvalue weighted by molar-refractivity contribution is 0.256. The van der Waals surface area contributed by atoms with Crippen LogP contribution in [0.3, 0.4) is 0 Å². The van der Waals surface area contributed by atoms with E-state index in [-0.39, 0.29) is 21.8 Å². The minimum Gasteiger partial charge on any atom is -0.351 e. The highest BCUT2D eigenvalue weighted by molar-refractivity contribution is 7.98. The first-order valence-corrected chi connectivity index (χ1v) is 11.4. The van der Waals surface area contributed by atoms with Gasteiger partial charge in [-0.1, -0.05) is 30.3 Å². The number of primary amides is 1. The number of nitrogens with zero attached hydrogens (tertiary/aromatic N) is 2. The number of hydrogen-bond acceptors (Lipinski definition) is 5. The van der Waals surface area contributed by atoms with E-state index < -0.39 is 16.1 Å². The fourth-order valence-corrected chi connectivity index (χ4v) is 4.54. The van der Waals surface area contributed by atoms with E-state index in [1.54, 1.807) is 30.3 Å². The molecule has 0 radical (unpaired) electrons. The van der Waals surface area contributed by atoms with Crippen LogP contribution in [0.1, 0.15) is 5.56 Å². The molecule has 2 amide bonds. The second-order valence-corrected chi connectivity index (χ2v) is 8.64. The third-order valence-electron chi connectivity index (χ3n) is 4.21. The van der Waals surface area contributed by atoms with Gasteiger partial charge in [-0.15, -0.1) is 11.8 Å². The zero-order chi connectivity index (χ0) is 21.7. The van der Waals surface area contributed by atoms with Gasteiger partial charge in [-0.3, -0.25) is 9.62 Å². The largest absolute Gasteiger partial charge is 0.351 e. The summed E-state index contributed by atoms with van der Waals surface area (Å²) in [5.41, 5.74) is 6.68. The third-order valence-corrected chi connectivity index (χ3v) is 6.38. The van der Waals surface area contributed by atoms with Crippen LogP contribution in [0, 0.1) is 11.3 Å². The van der Waals surface area contributed by atoms with Crippen molar-refractivity contribution in [3.8, 4) is 6.07 Å². The van der Waals surface area contributed by atoms with Crippen LogP contribution in [0.2, 0.25) is 0 Å². The Bertz CT molecular complexity index is 1220. The summed E-state index contributed by atoms with van der Waals surface area (Å²) in [5, 5.41) is 9.28. The van der Waals surface area contributed by atoms with Crippen molar-refractivity contribution in [3.63, 3.8) is 0 Å². The number of amides is 2. The number of sulfonamides is 1. The van der Waals surface area contributed by atoms with Crippen molar-refractivity contribution >= 4 is 44.9 Å². The summed E-state index contributed by atoms with van der Waals surface area (Å²) < 4.78 is 28.2. The third kappa shape index (κ3) is 4.40. The van der Waals surface area contributed by atoms with Gasteiger partial charge in [0.2, 0.25) is 0 Å². The van der Waals surface area contributed by atoms with Gasteiger partial charge in [0.05, 0.1) is 33.6 Å². The van der Waals surface area contributed by atoms with Crippen LogP contribution in [0.4, 0.5) is 21.9 Å². The minimum absolute atomic E-state index is 0.0495. The van der Waals surface area contributed by atoms with Crippen LogP contribution in [-0.2, 0) is 10.0 Å². The van der Waals surface area contributed by atoms with E-state index in [1.165, 1.54) is 47.0 Å². The Morgan fingerprint density at radius 2 is 1.70 bits per heavy atom. The first-order valence-electron chi connectivity index (χ1n) is 8.72. The molecule has 3 aromatic carbocycles. The molecule has 0 spiro atoms. The van der Waals surface area contributed by atoms with Gasteiger partial charge in [0.1, 0.15) is 0 Å². The Morgan fingerprint density at radius 3 is 2.33 bits per heavy atom. The van der Waals surface area contributed by atoms with Crippen LogP contribution in [0.5, 0.6) is 0 Å². The van der Waals surface area contributed by atoms with E-state index in [0.717, 1.165) is 4.90 Å². The molecule has 0 saturated carbocycles. The normalized spacial score (nSPS) is 10.8. The van der Waals surface area contributed by atoms with Crippen molar-refractivity contribution in [3.05, 3.63) is 78.4 Å². The van der Waals surface area contributed by atoms with Gasteiger partial charge in [-0.05, 0) is 48.7 Å². The number of hydrogen-bond donors (Lipinski definition) is 2. The number of thioether (sulfide) groups is 1. The standard InChI is InChI=1S/C21H18N4O3S2/c1-29-20-10-6-5-9-19(20)25(21(23)26)18-12-11-15(14-22)13-17(18)24-30(27,28)16-7-3-2-4-8-16/h2-13,24H,1H3,(H2,23,26). The predicted octanol–water partition coefficient (Wildman–Crippen LogP) is 4.30. The maximum absolute atomic E-state index is 12.9. The molecule has 0 fully saturated rings. The highest BCUT2D eigenvalue weighted by atomic mass is 32.2. The monoisotopic (exact) mass is 438 g/mol. The van der Waals surface area contributed by atoms with Crippen LogP contribution in [0.25, 0.3) is 0 Å². The molecule has 0 bridgehead atoms. The first kappa shape index (κ1) is 21.2. The molecule has 152 valence electrons. The van der Waals surface area contributed by atoms with Crippen LogP contribution in [-0.4, -0.2) is 20.7 Å². The number of rotatable bonds is 6. The summed E-state index contributed by atoms with van der Waals surface area (Å²) in [6, 6.07) is 20.5. The number of benzene rings is 3. The van der Waals surface area contributed by atoms with Gasteiger partial charge >= 0.3 is 6.03 Å². The molecule has 0 atom stereocenters. The lowest BCUT2D eigenvalue weighted by Gasteiger charge is -2.25. The number of urea groups is 1. The van der Waals surface area contributed by atoms with Crippen molar-refractivity contribution in [2.45, 2.75) is 9.79 Å². The lowest BCUT2D eigenvalue weighted by atomic mass is 10.1. The van der Waals surface area contributed by atoms with Crippen LogP contribution in [0.15, 0.2) is 82.6 Å².